The van der Waals surface area contributed by atoms with Crippen LogP contribution in [0.1, 0.15) is 35.3 Å². The van der Waals surface area contributed by atoms with Crippen LogP contribution in [0.3, 0.4) is 0 Å². The van der Waals surface area contributed by atoms with E-state index in [4.69, 9.17) is 9.47 Å². The van der Waals surface area contributed by atoms with Crippen molar-refractivity contribution in [3.63, 3.8) is 0 Å². The average Bonchev–Trinajstić information content (AvgIpc) is 2.79. The van der Waals surface area contributed by atoms with Crippen LogP contribution in [-0.4, -0.2) is 18.0 Å². The largest absolute Gasteiger partial charge is 0.489 e. The third kappa shape index (κ3) is 5.70. The number of carbonyl (C=O) groups excluding carboxylic acids is 2. The van der Waals surface area contributed by atoms with E-state index < -0.39 is 12.1 Å². The Bertz CT molecular complexity index is 984. The Morgan fingerprint density at radius 2 is 1.57 bits per heavy atom. The average molecular weight is 403 g/mol. The van der Waals surface area contributed by atoms with E-state index >= 15 is 0 Å². The molecule has 3 rings (SSSR count). The standard InChI is InChI=1S/C25H25NO4/c1-3-19-13-15-21(16-14-19)26-24(27)18(2)30-25(28)23-12-8-7-9-20(23)17-29-22-10-5-4-6-11-22/h4-16,18H,3,17H2,1-2H3,(H,26,27)/t18-/m0/s1. The number of esters is 1. The number of para-hydroxylation sites is 1. The van der Waals surface area contributed by atoms with Gasteiger partial charge in [-0.3, -0.25) is 4.79 Å². The summed E-state index contributed by atoms with van der Waals surface area (Å²) in [6.07, 6.45) is -0.0122. The summed E-state index contributed by atoms with van der Waals surface area (Å²) in [5.41, 5.74) is 2.91. The van der Waals surface area contributed by atoms with Gasteiger partial charge in [0.2, 0.25) is 0 Å². The molecule has 0 fully saturated rings. The van der Waals surface area contributed by atoms with E-state index in [1.54, 1.807) is 25.1 Å². The molecule has 0 spiro atoms. The minimum atomic E-state index is -0.938. The van der Waals surface area contributed by atoms with Crippen molar-refractivity contribution < 1.29 is 19.1 Å². The zero-order chi connectivity index (χ0) is 21.3. The summed E-state index contributed by atoms with van der Waals surface area (Å²) < 4.78 is 11.1. The fourth-order valence-corrected chi connectivity index (χ4v) is 2.87. The van der Waals surface area contributed by atoms with Crippen LogP contribution in [0.25, 0.3) is 0 Å². The first-order valence-corrected chi connectivity index (χ1v) is 9.93. The third-order valence-corrected chi connectivity index (χ3v) is 4.66. The number of ether oxygens (including phenoxy) is 2. The molecule has 154 valence electrons. The molecule has 0 aliphatic rings. The maximum Gasteiger partial charge on any atom is 0.339 e. The van der Waals surface area contributed by atoms with Crippen LogP contribution < -0.4 is 10.1 Å². The minimum absolute atomic E-state index is 0.222. The highest BCUT2D eigenvalue weighted by Crippen LogP contribution is 2.17. The molecule has 5 heteroatoms. The highest BCUT2D eigenvalue weighted by molar-refractivity contribution is 5.97. The van der Waals surface area contributed by atoms with Crippen molar-refractivity contribution >= 4 is 17.6 Å². The number of carbonyl (C=O) groups is 2. The second kappa shape index (κ2) is 10.3. The second-order valence-electron chi connectivity index (χ2n) is 6.85. The van der Waals surface area contributed by atoms with Crippen LogP contribution in [0.5, 0.6) is 5.75 Å². The smallest absolute Gasteiger partial charge is 0.339 e. The Hall–Kier alpha value is -3.60. The number of benzene rings is 3. The highest BCUT2D eigenvalue weighted by atomic mass is 16.5. The molecular weight excluding hydrogens is 378 g/mol. The van der Waals surface area contributed by atoms with Crippen LogP contribution in [-0.2, 0) is 22.6 Å². The van der Waals surface area contributed by atoms with Gasteiger partial charge in [0.25, 0.3) is 5.91 Å². The van der Waals surface area contributed by atoms with E-state index in [1.807, 2.05) is 60.7 Å². The molecule has 3 aromatic carbocycles. The van der Waals surface area contributed by atoms with Crippen LogP contribution >= 0.6 is 0 Å². The number of anilines is 1. The Kier molecular flexibility index (Phi) is 7.22. The zero-order valence-corrected chi connectivity index (χ0v) is 17.1. The first kappa shape index (κ1) is 21.1. The molecule has 0 bridgehead atoms. The first-order chi connectivity index (χ1) is 14.6. The lowest BCUT2D eigenvalue weighted by Gasteiger charge is -2.15. The summed E-state index contributed by atoms with van der Waals surface area (Å²) in [6, 6.07) is 24.0. The molecule has 0 radical (unpaired) electrons. The van der Waals surface area contributed by atoms with Crippen molar-refractivity contribution in [2.75, 3.05) is 5.32 Å². The Morgan fingerprint density at radius 1 is 0.900 bits per heavy atom. The van der Waals surface area contributed by atoms with Crippen molar-refractivity contribution in [2.24, 2.45) is 0 Å². The Labute approximate surface area is 176 Å². The van der Waals surface area contributed by atoms with Gasteiger partial charge >= 0.3 is 5.97 Å². The Morgan fingerprint density at radius 3 is 2.27 bits per heavy atom. The number of aryl methyl sites for hydroxylation is 1. The molecule has 0 saturated carbocycles. The summed E-state index contributed by atoms with van der Waals surface area (Å²) in [4.78, 5) is 25.1. The van der Waals surface area contributed by atoms with Crippen molar-refractivity contribution in [3.8, 4) is 5.75 Å². The van der Waals surface area contributed by atoms with Crippen molar-refractivity contribution in [3.05, 3.63) is 95.6 Å². The fourth-order valence-electron chi connectivity index (χ4n) is 2.87. The molecule has 30 heavy (non-hydrogen) atoms. The van der Waals surface area contributed by atoms with Gasteiger partial charge in [-0.15, -0.1) is 0 Å². The van der Waals surface area contributed by atoms with Gasteiger partial charge in [0.1, 0.15) is 12.4 Å². The predicted molar refractivity (Wildman–Crippen MR) is 117 cm³/mol. The van der Waals surface area contributed by atoms with Crippen LogP contribution in [0, 0.1) is 0 Å². The monoisotopic (exact) mass is 403 g/mol. The van der Waals surface area contributed by atoms with Gasteiger partial charge < -0.3 is 14.8 Å². The number of amides is 1. The van der Waals surface area contributed by atoms with E-state index in [-0.39, 0.29) is 12.5 Å². The summed E-state index contributed by atoms with van der Waals surface area (Å²) in [7, 11) is 0. The molecular formula is C25H25NO4. The SMILES string of the molecule is CCc1ccc(NC(=O)[C@H](C)OC(=O)c2ccccc2COc2ccccc2)cc1. The normalized spacial score (nSPS) is 11.4. The highest BCUT2D eigenvalue weighted by Gasteiger charge is 2.21. The molecule has 0 aliphatic carbocycles. The lowest BCUT2D eigenvalue weighted by Crippen LogP contribution is -2.30. The maximum absolute atomic E-state index is 12.7. The maximum atomic E-state index is 12.7. The molecule has 0 saturated heterocycles. The fraction of sp³-hybridized carbons (Fsp3) is 0.200. The summed E-state index contributed by atoms with van der Waals surface area (Å²) in [5, 5.41) is 2.77. The zero-order valence-electron chi connectivity index (χ0n) is 17.1. The lowest BCUT2D eigenvalue weighted by molar-refractivity contribution is -0.123. The van der Waals surface area contributed by atoms with Crippen molar-refractivity contribution in [1.82, 2.24) is 0 Å². The van der Waals surface area contributed by atoms with E-state index in [0.29, 0.717) is 22.6 Å². The summed E-state index contributed by atoms with van der Waals surface area (Å²) in [6.45, 7) is 3.84. The molecule has 3 aromatic rings. The van der Waals surface area contributed by atoms with Gasteiger partial charge in [0, 0.05) is 11.3 Å². The van der Waals surface area contributed by atoms with Crippen LogP contribution in [0.4, 0.5) is 5.69 Å². The predicted octanol–water partition coefficient (Wildman–Crippen LogP) is 5.01. The molecule has 0 aromatic heterocycles. The lowest BCUT2D eigenvalue weighted by atomic mass is 10.1. The molecule has 1 atom stereocenters. The molecule has 0 aliphatic heterocycles. The molecule has 1 N–H and O–H groups in total. The first-order valence-electron chi connectivity index (χ1n) is 9.93. The van der Waals surface area contributed by atoms with E-state index in [1.165, 1.54) is 5.56 Å². The number of nitrogens with one attached hydrogen (secondary N) is 1. The van der Waals surface area contributed by atoms with E-state index in [2.05, 4.69) is 12.2 Å². The topological polar surface area (TPSA) is 64.6 Å². The second-order valence-corrected chi connectivity index (χ2v) is 6.85. The minimum Gasteiger partial charge on any atom is -0.489 e. The van der Waals surface area contributed by atoms with E-state index in [0.717, 1.165) is 6.42 Å². The summed E-state index contributed by atoms with van der Waals surface area (Å²) in [5.74, 6) is -0.237. The van der Waals surface area contributed by atoms with Gasteiger partial charge in [-0.05, 0) is 49.2 Å². The van der Waals surface area contributed by atoms with Gasteiger partial charge in [-0.2, -0.15) is 0 Å². The molecule has 0 unspecified atom stereocenters. The quantitative estimate of drug-likeness (QED) is 0.537. The molecule has 1 amide bonds. The van der Waals surface area contributed by atoms with Crippen LogP contribution in [0.15, 0.2) is 78.9 Å². The number of hydrogen-bond acceptors (Lipinski definition) is 4. The molecule has 0 heterocycles. The summed E-state index contributed by atoms with van der Waals surface area (Å²) >= 11 is 0. The van der Waals surface area contributed by atoms with Crippen molar-refractivity contribution in [2.45, 2.75) is 33.0 Å². The number of rotatable bonds is 8. The number of hydrogen-bond donors (Lipinski definition) is 1. The molecule has 5 nitrogen and oxygen atoms in total. The third-order valence-electron chi connectivity index (χ3n) is 4.66. The van der Waals surface area contributed by atoms with E-state index in [9.17, 15) is 9.59 Å². The van der Waals surface area contributed by atoms with Gasteiger partial charge in [-0.25, -0.2) is 4.79 Å². The Balaban J connectivity index is 1.61. The van der Waals surface area contributed by atoms with Crippen LogP contribution in [0.2, 0.25) is 0 Å². The van der Waals surface area contributed by atoms with Gasteiger partial charge in [0.15, 0.2) is 6.10 Å². The van der Waals surface area contributed by atoms with Gasteiger partial charge in [0.05, 0.1) is 5.56 Å². The van der Waals surface area contributed by atoms with Gasteiger partial charge in [-0.1, -0.05) is 55.5 Å². The van der Waals surface area contributed by atoms with Crippen molar-refractivity contribution in [1.29, 1.82) is 0 Å².